The summed E-state index contributed by atoms with van der Waals surface area (Å²) in [4.78, 5) is 12.8. The Labute approximate surface area is 321 Å². The summed E-state index contributed by atoms with van der Waals surface area (Å²) in [6.07, 6.45) is 38.3. The molecule has 0 aromatic carbocycles. The van der Waals surface area contributed by atoms with Crippen LogP contribution in [0.5, 0.6) is 0 Å². The Kier molecular flexibility index (Phi) is 31.3. The summed E-state index contributed by atoms with van der Waals surface area (Å²) in [7, 11) is 0. The molecule has 0 bridgehead atoms. The molecule has 1 saturated heterocycles. The Hall–Kier alpha value is -2.37. The molecule has 53 heavy (non-hydrogen) atoms. The number of carbonyl (C=O) groups excluding carboxylic acids is 1. The van der Waals surface area contributed by atoms with Gasteiger partial charge in [-0.2, -0.15) is 0 Å². The van der Waals surface area contributed by atoms with Gasteiger partial charge in [-0.1, -0.05) is 151 Å². The quantitative estimate of drug-likeness (QED) is 0.0232. The highest BCUT2D eigenvalue weighted by Gasteiger charge is 2.44. The van der Waals surface area contributed by atoms with Crippen molar-refractivity contribution in [3.05, 3.63) is 72.9 Å². The number of ether oxygens (including phenoxy) is 2. The molecular formula is C44H75NO8. The van der Waals surface area contributed by atoms with Crippen LogP contribution in [0.25, 0.3) is 0 Å². The normalized spacial score (nSPS) is 22.4. The first-order chi connectivity index (χ1) is 25.8. The molecule has 0 radical (unpaired) electrons. The molecule has 9 nitrogen and oxygen atoms in total. The van der Waals surface area contributed by atoms with Crippen LogP contribution in [0, 0.1) is 0 Å². The van der Waals surface area contributed by atoms with Crippen molar-refractivity contribution in [1.29, 1.82) is 0 Å². The lowest BCUT2D eigenvalue weighted by Gasteiger charge is -2.40. The zero-order valence-corrected chi connectivity index (χ0v) is 33.0. The molecule has 9 heteroatoms. The summed E-state index contributed by atoms with van der Waals surface area (Å²) >= 11 is 0. The van der Waals surface area contributed by atoms with Gasteiger partial charge in [-0.15, -0.1) is 0 Å². The standard InChI is InChI=1S/C44H75NO8/c1-3-5-7-9-11-13-14-15-16-17-18-19-20-21-22-23-24-26-28-30-32-34-40(48)45-37(38(47)33-31-29-27-25-12-10-8-6-4-2)36-52-44-43(51)42(50)41(49)39(35-46)53-44/h16-17,19-20,22-23,26-29,31,33,37-39,41-44,46-47,49-51H,3-15,18,21,24-25,30,32,34-36H2,1-2H3,(H,45,48)/b17-16+,20-19+,23-22+,28-26+,29-27+,33-31+/t37-,38+,39-,41-,42?,43?,44-/m0/s1. The Morgan fingerprint density at radius 1 is 0.660 bits per heavy atom. The smallest absolute Gasteiger partial charge is 0.220 e. The molecular weight excluding hydrogens is 670 g/mol. The van der Waals surface area contributed by atoms with Gasteiger partial charge >= 0.3 is 0 Å². The summed E-state index contributed by atoms with van der Waals surface area (Å²) in [5.74, 6) is -0.254. The van der Waals surface area contributed by atoms with E-state index in [1.54, 1.807) is 12.2 Å². The largest absolute Gasteiger partial charge is 0.394 e. The molecule has 7 atom stereocenters. The highest BCUT2D eigenvalue weighted by atomic mass is 16.7. The summed E-state index contributed by atoms with van der Waals surface area (Å²) in [6.45, 7) is 3.63. The fraction of sp³-hybridized carbons (Fsp3) is 0.705. The van der Waals surface area contributed by atoms with E-state index in [2.05, 4.69) is 67.8 Å². The van der Waals surface area contributed by atoms with Gasteiger partial charge in [0.15, 0.2) is 6.29 Å². The van der Waals surface area contributed by atoms with Crippen LogP contribution in [-0.2, 0) is 14.3 Å². The molecule has 1 rings (SSSR count). The molecule has 1 aliphatic heterocycles. The van der Waals surface area contributed by atoms with Crippen molar-refractivity contribution in [2.45, 2.75) is 185 Å². The van der Waals surface area contributed by atoms with E-state index >= 15 is 0 Å². The van der Waals surface area contributed by atoms with E-state index in [4.69, 9.17) is 9.47 Å². The first kappa shape index (κ1) is 48.6. The first-order valence-corrected chi connectivity index (χ1v) is 20.7. The molecule has 6 N–H and O–H groups in total. The molecule has 1 heterocycles. The van der Waals surface area contributed by atoms with Gasteiger partial charge in [0, 0.05) is 6.42 Å². The van der Waals surface area contributed by atoms with Crippen LogP contribution in [0.4, 0.5) is 0 Å². The second-order valence-corrected chi connectivity index (χ2v) is 14.1. The number of aliphatic hydroxyl groups is 5. The van der Waals surface area contributed by atoms with Gasteiger partial charge in [0.2, 0.25) is 5.91 Å². The number of rotatable bonds is 32. The van der Waals surface area contributed by atoms with E-state index in [1.165, 1.54) is 77.0 Å². The molecule has 0 aromatic heterocycles. The summed E-state index contributed by atoms with van der Waals surface area (Å²) in [6, 6.07) is -0.866. The molecule has 0 saturated carbocycles. The first-order valence-electron chi connectivity index (χ1n) is 20.7. The predicted octanol–water partition coefficient (Wildman–Crippen LogP) is 7.83. The van der Waals surface area contributed by atoms with Crippen molar-refractivity contribution in [2.75, 3.05) is 13.2 Å². The third kappa shape index (κ3) is 25.4. The third-order valence-corrected chi connectivity index (χ3v) is 9.31. The number of hydrogen-bond donors (Lipinski definition) is 6. The summed E-state index contributed by atoms with van der Waals surface area (Å²) < 4.78 is 11.1. The van der Waals surface area contributed by atoms with Crippen LogP contribution in [-0.4, -0.2) is 87.5 Å². The topological polar surface area (TPSA) is 149 Å². The molecule has 304 valence electrons. The lowest BCUT2D eigenvalue weighted by Crippen LogP contribution is -2.60. The maximum absolute atomic E-state index is 12.8. The lowest BCUT2D eigenvalue weighted by molar-refractivity contribution is -0.302. The Bertz CT molecular complexity index is 1050. The minimum absolute atomic E-state index is 0.238. The second kappa shape index (κ2) is 34.1. The number of hydrogen-bond acceptors (Lipinski definition) is 8. The van der Waals surface area contributed by atoms with E-state index in [0.29, 0.717) is 6.42 Å². The van der Waals surface area contributed by atoms with Gasteiger partial charge in [0.05, 0.1) is 25.4 Å². The average molecular weight is 746 g/mol. The zero-order valence-electron chi connectivity index (χ0n) is 33.0. The van der Waals surface area contributed by atoms with E-state index < -0.39 is 49.5 Å². The number of aliphatic hydroxyl groups excluding tert-OH is 5. The third-order valence-electron chi connectivity index (χ3n) is 9.31. The van der Waals surface area contributed by atoms with Crippen molar-refractivity contribution in [3.63, 3.8) is 0 Å². The minimum atomic E-state index is -1.59. The maximum atomic E-state index is 12.8. The summed E-state index contributed by atoms with van der Waals surface area (Å²) in [5.41, 5.74) is 0. The number of amides is 1. The minimum Gasteiger partial charge on any atom is -0.394 e. The molecule has 2 unspecified atom stereocenters. The van der Waals surface area contributed by atoms with E-state index in [9.17, 15) is 30.3 Å². The van der Waals surface area contributed by atoms with Crippen molar-refractivity contribution in [1.82, 2.24) is 5.32 Å². The number of nitrogens with one attached hydrogen (secondary N) is 1. The van der Waals surface area contributed by atoms with E-state index in [0.717, 1.165) is 38.5 Å². The molecule has 1 fully saturated rings. The van der Waals surface area contributed by atoms with Crippen LogP contribution in [0.3, 0.4) is 0 Å². The second-order valence-electron chi connectivity index (χ2n) is 14.1. The van der Waals surface area contributed by atoms with Gasteiger partial charge in [-0.3, -0.25) is 4.79 Å². The molecule has 0 aromatic rings. The van der Waals surface area contributed by atoms with Crippen molar-refractivity contribution >= 4 is 5.91 Å². The predicted molar refractivity (Wildman–Crippen MR) is 216 cm³/mol. The SMILES string of the molecule is CCCCCCC/C=C/C=C/[C@@H](O)[C@H](CO[C@H]1O[C@@H](CO)[C@H](O)C(O)C1O)NC(=O)CCC/C=C/C/C=C/C/C=C/C/C=C/CCCCCCCCC. The molecule has 1 amide bonds. The Morgan fingerprint density at radius 3 is 1.74 bits per heavy atom. The average Bonchev–Trinajstić information content (AvgIpc) is 3.16. The van der Waals surface area contributed by atoms with E-state index in [-0.39, 0.29) is 18.9 Å². The lowest BCUT2D eigenvalue weighted by atomic mass is 9.99. The number of unbranched alkanes of at least 4 members (excludes halogenated alkanes) is 13. The van der Waals surface area contributed by atoms with Crippen LogP contribution in [0.2, 0.25) is 0 Å². The van der Waals surface area contributed by atoms with E-state index in [1.807, 2.05) is 12.2 Å². The van der Waals surface area contributed by atoms with Crippen molar-refractivity contribution < 1.29 is 39.8 Å². The monoisotopic (exact) mass is 746 g/mol. The van der Waals surface area contributed by atoms with Gasteiger partial charge in [-0.05, 0) is 57.8 Å². The zero-order chi connectivity index (χ0) is 38.8. The van der Waals surface area contributed by atoms with Gasteiger partial charge < -0.3 is 40.3 Å². The maximum Gasteiger partial charge on any atom is 0.220 e. The van der Waals surface area contributed by atoms with Crippen LogP contribution in [0.15, 0.2) is 72.9 Å². The van der Waals surface area contributed by atoms with Crippen LogP contribution < -0.4 is 5.32 Å². The number of carbonyl (C=O) groups is 1. The molecule has 0 spiro atoms. The van der Waals surface area contributed by atoms with Gasteiger partial charge in [-0.25, -0.2) is 0 Å². The highest BCUT2D eigenvalue weighted by Crippen LogP contribution is 2.22. The Balaban J connectivity index is 2.43. The fourth-order valence-corrected chi connectivity index (χ4v) is 5.91. The van der Waals surface area contributed by atoms with Gasteiger partial charge in [0.25, 0.3) is 0 Å². The highest BCUT2D eigenvalue weighted by molar-refractivity contribution is 5.76. The Morgan fingerprint density at radius 2 is 1.17 bits per heavy atom. The molecule has 0 aliphatic carbocycles. The fourth-order valence-electron chi connectivity index (χ4n) is 5.91. The van der Waals surface area contributed by atoms with Crippen molar-refractivity contribution in [2.24, 2.45) is 0 Å². The molecule has 1 aliphatic rings. The number of allylic oxidation sites excluding steroid dienone is 11. The van der Waals surface area contributed by atoms with Crippen molar-refractivity contribution in [3.8, 4) is 0 Å². The summed E-state index contributed by atoms with van der Waals surface area (Å²) in [5, 5.41) is 53.7. The van der Waals surface area contributed by atoms with Gasteiger partial charge in [0.1, 0.15) is 24.4 Å². The van der Waals surface area contributed by atoms with Crippen LogP contribution >= 0.6 is 0 Å². The van der Waals surface area contributed by atoms with Crippen LogP contribution in [0.1, 0.15) is 142 Å².